The van der Waals surface area contributed by atoms with Gasteiger partial charge in [-0.15, -0.1) is 0 Å². The van der Waals surface area contributed by atoms with Crippen LogP contribution < -0.4 is 4.90 Å². The number of carbonyl (C=O) groups excluding carboxylic acids is 2. The number of aliphatic hydroxyl groups is 1. The minimum Gasteiger partial charge on any atom is -0.503 e. The third kappa shape index (κ3) is 4.02. The second-order valence-corrected chi connectivity index (χ2v) is 9.56. The molecule has 5 nitrogen and oxygen atoms in total. The van der Waals surface area contributed by atoms with Gasteiger partial charge in [-0.1, -0.05) is 67.4 Å². The SMILES string of the molecule is Cc1cccc(C2C(C(=O)c3cc4cc(Cl)ccc4o3)=C(O)C(=O)N2c2ccc(C(C)C)cc2)c1. The van der Waals surface area contributed by atoms with E-state index in [0.29, 0.717) is 27.6 Å². The highest BCUT2D eigenvalue weighted by atomic mass is 35.5. The zero-order chi connectivity index (χ0) is 24.9. The molecule has 0 fully saturated rings. The highest BCUT2D eigenvalue weighted by molar-refractivity contribution is 6.31. The fraction of sp³-hybridized carbons (Fsp3) is 0.172. The van der Waals surface area contributed by atoms with E-state index in [1.165, 1.54) is 4.90 Å². The van der Waals surface area contributed by atoms with Gasteiger partial charge in [0.05, 0.1) is 11.6 Å². The monoisotopic (exact) mass is 485 g/mol. The van der Waals surface area contributed by atoms with E-state index in [1.807, 2.05) is 55.5 Å². The molecular weight excluding hydrogens is 462 g/mol. The first kappa shape index (κ1) is 22.9. The molecule has 0 aliphatic carbocycles. The molecular formula is C29H24ClNO4. The fourth-order valence-corrected chi connectivity index (χ4v) is 4.72. The maximum Gasteiger partial charge on any atom is 0.294 e. The second-order valence-electron chi connectivity index (χ2n) is 9.12. The number of aryl methyl sites for hydroxylation is 1. The van der Waals surface area contributed by atoms with Crippen molar-refractivity contribution in [2.75, 3.05) is 4.90 Å². The number of anilines is 1. The van der Waals surface area contributed by atoms with Gasteiger partial charge in [0.2, 0.25) is 5.78 Å². The average Bonchev–Trinajstić information content (AvgIpc) is 3.37. The van der Waals surface area contributed by atoms with Crippen LogP contribution in [0.4, 0.5) is 5.69 Å². The van der Waals surface area contributed by atoms with E-state index in [1.54, 1.807) is 24.3 Å². The van der Waals surface area contributed by atoms with E-state index >= 15 is 0 Å². The van der Waals surface area contributed by atoms with Crippen LogP contribution in [0.2, 0.25) is 5.02 Å². The first-order valence-corrected chi connectivity index (χ1v) is 11.8. The first-order chi connectivity index (χ1) is 16.7. The zero-order valence-corrected chi connectivity index (χ0v) is 20.3. The number of carbonyl (C=O) groups is 2. The molecule has 1 unspecified atom stereocenters. The summed E-state index contributed by atoms with van der Waals surface area (Å²) in [6, 6.07) is 21.0. The van der Waals surface area contributed by atoms with Crippen molar-refractivity contribution in [2.24, 2.45) is 0 Å². The van der Waals surface area contributed by atoms with Gasteiger partial charge in [-0.05, 0) is 60.4 Å². The van der Waals surface area contributed by atoms with E-state index in [2.05, 4.69) is 13.8 Å². The molecule has 2 heterocycles. The number of amides is 1. The highest BCUT2D eigenvalue weighted by Gasteiger charge is 2.45. The van der Waals surface area contributed by atoms with Gasteiger partial charge >= 0.3 is 0 Å². The van der Waals surface area contributed by atoms with E-state index in [-0.39, 0.29) is 11.3 Å². The molecule has 3 aromatic carbocycles. The Labute approximate surface area is 208 Å². The molecule has 0 bridgehead atoms. The van der Waals surface area contributed by atoms with Crippen molar-refractivity contribution in [3.8, 4) is 0 Å². The lowest BCUT2D eigenvalue weighted by Crippen LogP contribution is -2.31. The number of nitrogens with zero attached hydrogens (tertiary/aromatic N) is 1. The normalized spacial score (nSPS) is 16.1. The molecule has 1 aliphatic heterocycles. The molecule has 1 N–H and O–H groups in total. The summed E-state index contributed by atoms with van der Waals surface area (Å²) in [6.45, 7) is 6.13. The number of benzene rings is 3. The Kier molecular flexibility index (Phi) is 5.73. The number of hydrogen-bond donors (Lipinski definition) is 1. The average molecular weight is 486 g/mol. The summed E-state index contributed by atoms with van der Waals surface area (Å²) in [5.74, 6) is -1.39. The predicted octanol–water partition coefficient (Wildman–Crippen LogP) is 7.30. The van der Waals surface area contributed by atoms with Crippen molar-refractivity contribution in [1.82, 2.24) is 0 Å². The smallest absolute Gasteiger partial charge is 0.294 e. The Hall–Kier alpha value is -3.83. The molecule has 6 heteroatoms. The summed E-state index contributed by atoms with van der Waals surface area (Å²) >= 11 is 6.09. The summed E-state index contributed by atoms with van der Waals surface area (Å²) in [6.07, 6.45) is 0. The molecule has 0 spiro atoms. The van der Waals surface area contributed by atoms with Crippen LogP contribution in [-0.2, 0) is 4.79 Å². The molecule has 0 radical (unpaired) electrons. The van der Waals surface area contributed by atoms with Gasteiger partial charge in [0.15, 0.2) is 11.5 Å². The van der Waals surface area contributed by atoms with Crippen LogP contribution in [-0.4, -0.2) is 16.8 Å². The summed E-state index contributed by atoms with van der Waals surface area (Å²) in [4.78, 5) is 28.6. The van der Waals surface area contributed by atoms with Gasteiger partial charge < -0.3 is 9.52 Å². The van der Waals surface area contributed by atoms with Crippen LogP contribution >= 0.6 is 11.6 Å². The van der Waals surface area contributed by atoms with Crippen molar-refractivity contribution in [3.63, 3.8) is 0 Å². The van der Waals surface area contributed by atoms with Crippen molar-refractivity contribution in [2.45, 2.75) is 32.7 Å². The van der Waals surface area contributed by atoms with E-state index in [0.717, 1.165) is 16.7 Å². The molecule has 35 heavy (non-hydrogen) atoms. The molecule has 1 aromatic heterocycles. The van der Waals surface area contributed by atoms with Crippen LogP contribution in [0, 0.1) is 6.92 Å². The van der Waals surface area contributed by atoms with Crippen LogP contribution in [0.5, 0.6) is 0 Å². The number of rotatable bonds is 5. The molecule has 1 atom stereocenters. The second kappa shape index (κ2) is 8.75. The van der Waals surface area contributed by atoms with Gasteiger partial charge in [-0.3, -0.25) is 14.5 Å². The molecule has 0 saturated carbocycles. The van der Waals surface area contributed by atoms with E-state index < -0.39 is 23.5 Å². The van der Waals surface area contributed by atoms with Crippen molar-refractivity contribution < 1.29 is 19.1 Å². The maximum absolute atomic E-state index is 13.7. The Bertz CT molecular complexity index is 1500. The van der Waals surface area contributed by atoms with Crippen LogP contribution in [0.1, 0.15) is 53.1 Å². The topological polar surface area (TPSA) is 70.7 Å². The predicted molar refractivity (Wildman–Crippen MR) is 137 cm³/mol. The Morgan fingerprint density at radius 3 is 2.46 bits per heavy atom. The third-order valence-electron chi connectivity index (χ3n) is 6.35. The van der Waals surface area contributed by atoms with Crippen LogP contribution in [0.25, 0.3) is 11.0 Å². The molecule has 1 amide bonds. The van der Waals surface area contributed by atoms with Crippen molar-refractivity contribution in [3.05, 3.63) is 112 Å². The van der Waals surface area contributed by atoms with Crippen LogP contribution in [0.15, 0.2) is 88.5 Å². The van der Waals surface area contributed by atoms with Gasteiger partial charge in [0.1, 0.15) is 5.58 Å². The van der Waals surface area contributed by atoms with Gasteiger partial charge in [0, 0.05) is 16.1 Å². The fourth-order valence-electron chi connectivity index (χ4n) is 4.54. The van der Waals surface area contributed by atoms with Crippen molar-refractivity contribution >= 4 is 39.9 Å². The maximum atomic E-state index is 13.7. The summed E-state index contributed by atoms with van der Waals surface area (Å²) in [7, 11) is 0. The van der Waals surface area contributed by atoms with E-state index in [9.17, 15) is 14.7 Å². The van der Waals surface area contributed by atoms with Gasteiger partial charge in [-0.2, -0.15) is 0 Å². The van der Waals surface area contributed by atoms with Crippen LogP contribution in [0.3, 0.4) is 0 Å². The minimum absolute atomic E-state index is 0.0151. The largest absolute Gasteiger partial charge is 0.503 e. The molecule has 176 valence electrons. The zero-order valence-electron chi connectivity index (χ0n) is 19.6. The first-order valence-electron chi connectivity index (χ1n) is 11.4. The lowest BCUT2D eigenvalue weighted by Gasteiger charge is -2.27. The molecule has 4 aromatic rings. The number of aliphatic hydroxyl groups excluding tert-OH is 1. The number of fused-ring (bicyclic) bond motifs is 1. The van der Waals surface area contributed by atoms with Gasteiger partial charge in [-0.25, -0.2) is 0 Å². The van der Waals surface area contributed by atoms with Gasteiger partial charge in [0.25, 0.3) is 5.91 Å². The lowest BCUT2D eigenvalue weighted by molar-refractivity contribution is -0.117. The van der Waals surface area contributed by atoms with E-state index in [4.69, 9.17) is 16.0 Å². The summed E-state index contributed by atoms with van der Waals surface area (Å²) < 4.78 is 5.79. The number of halogens is 1. The van der Waals surface area contributed by atoms with Crippen molar-refractivity contribution in [1.29, 1.82) is 0 Å². The lowest BCUT2D eigenvalue weighted by atomic mass is 9.93. The molecule has 0 saturated heterocycles. The number of Topliss-reactive ketones (excluding diaryl/α,β-unsaturated/α-hetero) is 1. The number of ketones is 1. The minimum atomic E-state index is -0.809. The number of furan rings is 1. The Balaban J connectivity index is 1.64. The summed E-state index contributed by atoms with van der Waals surface area (Å²) in [5.41, 5.74) is 3.90. The standard InChI is InChI=1S/C29H24ClNO4/c1-16(2)18-7-10-22(11-8-18)31-26(19-6-4-5-17(3)13-19)25(28(33)29(31)34)27(32)24-15-20-14-21(30)9-12-23(20)35-24/h4-16,26,33H,1-3H3. The quantitative estimate of drug-likeness (QED) is 0.301. The third-order valence-corrected chi connectivity index (χ3v) is 6.59. The highest BCUT2D eigenvalue weighted by Crippen LogP contribution is 2.42. The molecule has 5 rings (SSSR count). The molecule has 1 aliphatic rings. The Morgan fingerprint density at radius 2 is 1.77 bits per heavy atom. The summed E-state index contributed by atoms with van der Waals surface area (Å²) in [5, 5.41) is 12.2. The number of hydrogen-bond acceptors (Lipinski definition) is 4. The Morgan fingerprint density at radius 1 is 1.03 bits per heavy atom.